The van der Waals surface area contributed by atoms with Crippen LogP contribution in [0.4, 0.5) is 19.0 Å². The van der Waals surface area contributed by atoms with Gasteiger partial charge in [-0.25, -0.2) is 4.98 Å². The van der Waals surface area contributed by atoms with E-state index in [2.05, 4.69) is 15.3 Å². The van der Waals surface area contributed by atoms with Crippen molar-refractivity contribution < 1.29 is 22.8 Å². The molecule has 9 heteroatoms. The molecule has 0 aromatic carbocycles. The van der Waals surface area contributed by atoms with Crippen molar-refractivity contribution in [3.63, 3.8) is 0 Å². The molecule has 30 heavy (non-hydrogen) atoms. The monoisotopic (exact) mass is 418 g/mol. The fraction of sp³-hybridized carbons (Fsp3) is 0.476. The lowest BCUT2D eigenvalue weighted by molar-refractivity contribution is -0.157. The first-order valence-corrected chi connectivity index (χ1v) is 10.1. The minimum atomic E-state index is -4.30. The molecule has 3 heterocycles. The number of alkyl halides is 3. The maximum atomic E-state index is 12.8. The number of rotatable bonds is 4. The number of pyridine rings is 1. The zero-order valence-electron chi connectivity index (χ0n) is 16.1. The van der Waals surface area contributed by atoms with Crippen LogP contribution in [0.3, 0.4) is 0 Å². The number of H-pyrrole nitrogens is 1. The van der Waals surface area contributed by atoms with Crippen LogP contribution in [0.25, 0.3) is 16.6 Å². The minimum absolute atomic E-state index is 0.0302. The Hall–Kier alpha value is -2.84. The Morgan fingerprint density at radius 3 is 2.70 bits per heavy atom. The van der Waals surface area contributed by atoms with E-state index in [-0.39, 0.29) is 24.8 Å². The standard InChI is InChI=1S/C21H21F3N4O2/c22-21(23,24)16-9-15(16)20(30)28-7-4-11(5-8-28)14-10-17(27-19(29)12-1-2-12)26-18-13(14)3-6-25-18/h3-4,6,10,12,15-16H,1-2,5,7-9H2,(H2,25,26,27,29). The van der Waals surface area contributed by atoms with Crippen molar-refractivity contribution in [3.05, 3.63) is 30.0 Å². The number of hydrogen-bond donors (Lipinski definition) is 2. The first-order valence-electron chi connectivity index (χ1n) is 10.1. The van der Waals surface area contributed by atoms with Crippen molar-refractivity contribution in [2.45, 2.75) is 31.9 Å². The molecule has 2 fully saturated rings. The largest absolute Gasteiger partial charge is 0.392 e. The lowest BCUT2D eigenvalue weighted by Gasteiger charge is -2.27. The quantitative estimate of drug-likeness (QED) is 0.794. The fourth-order valence-electron chi connectivity index (χ4n) is 4.12. The molecule has 2 aromatic heterocycles. The maximum Gasteiger partial charge on any atom is 0.392 e. The summed E-state index contributed by atoms with van der Waals surface area (Å²) >= 11 is 0. The van der Waals surface area contributed by atoms with Crippen molar-refractivity contribution in [1.82, 2.24) is 14.9 Å². The zero-order chi connectivity index (χ0) is 21.0. The van der Waals surface area contributed by atoms with Crippen molar-refractivity contribution in [3.8, 4) is 0 Å². The number of anilines is 1. The summed E-state index contributed by atoms with van der Waals surface area (Å²) in [5.74, 6) is -2.33. The van der Waals surface area contributed by atoms with Gasteiger partial charge in [-0.3, -0.25) is 9.59 Å². The Kier molecular flexibility index (Phi) is 4.37. The molecule has 2 unspecified atom stereocenters. The SMILES string of the molecule is O=C(Nc1cc(C2=CCN(C(=O)C3CC3C(F)(F)F)CC2)c2cc[nH]c2n1)C1CC1. The van der Waals surface area contributed by atoms with Gasteiger partial charge < -0.3 is 15.2 Å². The van der Waals surface area contributed by atoms with Crippen LogP contribution in [0, 0.1) is 17.8 Å². The Labute approximate surface area is 170 Å². The van der Waals surface area contributed by atoms with Crippen LogP contribution in [0.1, 0.15) is 31.2 Å². The molecule has 2 N–H and O–H groups in total. The second-order valence-electron chi connectivity index (χ2n) is 8.31. The predicted molar refractivity (Wildman–Crippen MR) is 104 cm³/mol. The van der Waals surface area contributed by atoms with Gasteiger partial charge in [0.15, 0.2) is 0 Å². The van der Waals surface area contributed by atoms with Gasteiger partial charge in [0.2, 0.25) is 11.8 Å². The van der Waals surface area contributed by atoms with Crippen LogP contribution in [0.15, 0.2) is 24.4 Å². The molecule has 2 amide bonds. The Morgan fingerprint density at radius 2 is 2.07 bits per heavy atom. The van der Waals surface area contributed by atoms with Crippen LogP contribution >= 0.6 is 0 Å². The molecule has 1 aliphatic heterocycles. The van der Waals surface area contributed by atoms with E-state index in [0.29, 0.717) is 24.4 Å². The normalized spacial score (nSPS) is 24.0. The number of fused-ring (bicyclic) bond motifs is 1. The molecule has 158 valence electrons. The zero-order valence-corrected chi connectivity index (χ0v) is 16.1. The summed E-state index contributed by atoms with van der Waals surface area (Å²) in [5, 5.41) is 3.77. The number of aromatic nitrogens is 2. The average Bonchev–Trinajstić information content (AvgIpc) is 3.62. The predicted octanol–water partition coefficient (Wildman–Crippen LogP) is 3.73. The summed E-state index contributed by atoms with van der Waals surface area (Å²) in [6, 6.07) is 3.74. The molecule has 0 spiro atoms. The van der Waals surface area contributed by atoms with Crippen molar-refractivity contribution in [2.75, 3.05) is 18.4 Å². The third-order valence-electron chi connectivity index (χ3n) is 6.12. The lowest BCUT2D eigenvalue weighted by Crippen LogP contribution is -2.36. The molecule has 6 nitrogen and oxygen atoms in total. The number of nitrogens with one attached hydrogen (secondary N) is 2. The maximum absolute atomic E-state index is 12.8. The van der Waals surface area contributed by atoms with Crippen LogP contribution in [-0.2, 0) is 9.59 Å². The number of carbonyl (C=O) groups excluding carboxylic acids is 2. The second kappa shape index (κ2) is 6.85. The summed E-state index contributed by atoms with van der Waals surface area (Å²) in [6.07, 6.45) is 1.60. The summed E-state index contributed by atoms with van der Waals surface area (Å²) in [7, 11) is 0. The molecule has 0 saturated heterocycles. The van der Waals surface area contributed by atoms with Gasteiger partial charge >= 0.3 is 6.18 Å². The van der Waals surface area contributed by atoms with Crippen molar-refractivity contribution in [2.24, 2.45) is 17.8 Å². The molecular formula is C21H21F3N4O2. The number of halogens is 3. The smallest absolute Gasteiger partial charge is 0.346 e. The summed E-state index contributed by atoms with van der Waals surface area (Å²) in [6.45, 7) is 0.664. The van der Waals surface area contributed by atoms with Gasteiger partial charge in [-0.1, -0.05) is 6.08 Å². The van der Waals surface area contributed by atoms with Crippen LogP contribution in [0.2, 0.25) is 0 Å². The van der Waals surface area contributed by atoms with Gasteiger partial charge in [-0.2, -0.15) is 13.2 Å². The summed E-state index contributed by atoms with van der Waals surface area (Å²) < 4.78 is 38.3. The molecular weight excluding hydrogens is 397 g/mol. The fourth-order valence-corrected chi connectivity index (χ4v) is 4.12. The van der Waals surface area contributed by atoms with E-state index in [0.717, 1.165) is 29.4 Å². The van der Waals surface area contributed by atoms with E-state index in [4.69, 9.17) is 0 Å². The molecule has 5 rings (SSSR count). The van der Waals surface area contributed by atoms with E-state index < -0.39 is 23.9 Å². The first-order chi connectivity index (χ1) is 14.3. The van der Waals surface area contributed by atoms with E-state index in [1.807, 2.05) is 18.2 Å². The average molecular weight is 418 g/mol. The van der Waals surface area contributed by atoms with Gasteiger partial charge in [0, 0.05) is 30.6 Å². The van der Waals surface area contributed by atoms with Gasteiger partial charge in [0.25, 0.3) is 0 Å². The summed E-state index contributed by atoms with van der Waals surface area (Å²) in [4.78, 5) is 33.6. The van der Waals surface area contributed by atoms with Crippen molar-refractivity contribution >= 4 is 34.2 Å². The van der Waals surface area contributed by atoms with Crippen LogP contribution < -0.4 is 5.32 Å². The highest BCUT2D eigenvalue weighted by Crippen LogP contribution is 2.51. The Morgan fingerprint density at radius 1 is 1.27 bits per heavy atom. The molecule has 2 atom stereocenters. The number of hydrogen-bond acceptors (Lipinski definition) is 3. The summed E-state index contributed by atoms with van der Waals surface area (Å²) in [5.41, 5.74) is 2.57. The number of aromatic amines is 1. The first kappa shape index (κ1) is 19.1. The van der Waals surface area contributed by atoms with Crippen LogP contribution in [0.5, 0.6) is 0 Å². The number of amides is 2. The minimum Gasteiger partial charge on any atom is -0.346 e. The highest BCUT2D eigenvalue weighted by Gasteiger charge is 2.59. The van der Waals surface area contributed by atoms with Gasteiger partial charge in [0.1, 0.15) is 11.5 Å². The molecule has 2 aliphatic carbocycles. The third kappa shape index (κ3) is 3.57. The Bertz CT molecular complexity index is 1050. The topological polar surface area (TPSA) is 78.1 Å². The van der Waals surface area contributed by atoms with Crippen molar-refractivity contribution in [1.29, 1.82) is 0 Å². The third-order valence-corrected chi connectivity index (χ3v) is 6.12. The number of nitrogens with zero attached hydrogens (tertiary/aromatic N) is 2. The van der Waals surface area contributed by atoms with Crippen LogP contribution in [-0.4, -0.2) is 45.9 Å². The molecule has 2 aromatic rings. The lowest BCUT2D eigenvalue weighted by atomic mass is 9.97. The van der Waals surface area contributed by atoms with Gasteiger partial charge in [0.05, 0.1) is 11.8 Å². The molecule has 3 aliphatic rings. The van der Waals surface area contributed by atoms with Gasteiger partial charge in [-0.15, -0.1) is 0 Å². The van der Waals surface area contributed by atoms with E-state index in [1.165, 1.54) is 4.90 Å². The van der Waals surface area contributed by atoms with E-state index in [1.54, 1.807) is 6.20 Å². The molecule has 0 radical (unpaired) electrons. The molecule has 0 bridgehead atoms. The highest BCUT2D eigenvalue weighted by atomic mass is 19.4. The van der Waals surface area contributed by atoms with E-state index >= 15 is 0 Å². The Balaban J connectivity index is 1.34. The number of carbonyl (C=O) groups is 2. The highest BCUT2D eigenvalue weighted by molar-refractivity contribution is 5.97. The molecule has 2 saturated carbocycles. The van der Waals surface area contributed by atoms with Gasteiger partial charge in [-0.05, 0) is 49.0 Å². The second-order valence-corrected chi connectivity index (χ2v) is 8.31. The van der Waals surface area contributed by atoms with E-state index in [9.17, 15) is 22.8 Å².